The first-order valence-corrected chi connectivity index (χ1v) is 7.33. The van der Waals surface area contributed by atoms with Crippen molar-refractivity contribution in [1.29, 1.82) is 0 Å². The van der Waals surface area contributed by atoms with E-state index in [2.05, 4.69) is 33.0 Å². The highest BCUT2D eigenvalue weighted by Crippen LogP contribution is 2.31. The van der Waals surface area contributed by atoms with Crippen molar-refractivity contribution in [2.75, 3.05) is 13.1 Å². The lowest BCUT2D eigenvalue weighted by Crippen LogP contribution is -2.40. The predicted octanol–water partition coefficient (Wildman–Crippen LogP) is 2.97. The van der Waals surface area contributed by atoms with Crippen LogP contribution in [0, 0.1) is 23.2 Å². The van der Waals surface area contributed by atoms with Crippen LogP contribution in [-0.2, 0) is 4.79 Å². The summed E-state index contributed by atoms with van der Waals surface area (Å²) in [6.45, 7) is 10.3. The summed E-state index contributed by atoms with van der Waals surface area (Å²) in [5.74, 6) is 1.45. The summed E-state index contributed by atoms with van der Waals surface area (Å²) in [5, 5.41) is 3.14. The van der Waals surface area contributed by atoms with Gasteiger partial charge in [-0.1, -0.05) is 34.1 Å². The van der Waals surface area contributed by atoms with Crippen molar-refractivity contribution in [2.45, 2.75) is 53.4 Å². The van der Waals surface area contributed by atoms with Gasteiger partial charge < -0.3 is 11.1 Å². The van der Waals surface area contributed by atoms with E-state index in [-0.39, 0.29) is 29.6 Å². The third kappa shape index (κ3) is 6.13. The van der Waals surface area contributed by atoms with Gasteiger partial charge in [-0.15, -0.1) is 12.4 Å². The summed E-state index contributed by atoms with van der Waals surface area (Å²) >= 11 is 0. The summed E-state index contributed by atoms with van der Waals surface area (Å²) < 4.78 is 0. The molecule has 114 valence electrons. The van der Waals surface area contributed by atoms with Gasteiger partial charge in [0.15, 0.2) is 0 Å². The van der Waals surface area contributed by atoms with Crippen molar-refractivity contribution in [3.63, 3.8) is 0 Å². The largest absolute Gasteiger partial charge is 0.355 e. The Bertz CT molecular complexity index is 279. The Morgan fingerprint density at radius 3 is 2.53 bits per heavy atom. The van der Waals surface area contributed by atoms with Crippen molar-refractivity contribution < 1.29 is 4.79 Å². The molecule has 19 heavy (non-hydrogen) atoms. The minimum Gasteiger partial charge on any atom is -0.355 e. The first kappa shape index (κ1) is 18.7. The molecule has 3 N–H and O–H groups in total. The molecule has 3 nitrogen and oxygen atoms in total. The first-order valence-electron chi connectivity index (χ1n) is 7.33. The van der Waals surface area contributed by atoms with E-state index in [9.17, 15) is 4.79 Å². The molecule has 1 aliphatic carbocycles. The van der Waals surface area contributed by atoms with Crippen LogP contribution in [0.2, 0.25) is 0 Å². The minimum absolute atomic E-state index is 0. The molecule has 1 rings (SSSR count). The Kier molecular flexibility index (Phi) is 7.99. The van der Waals surface area contributed by atoms with E-state index in [0.29, 0.717) is 18.4 Å². The smallest absolute Gasteiger partial charge is 0.223 e. The van der Waals surface area contributed by atoms with Crippen molar-refractivity contribution in [2.24, 2.45) is 28.9 Å². The zero-order valence-corrected chi connectivity index (χ0v) is 13.7. The molecule has 2 atom stereocenters. The van der Waals surface area contributed by atoms with Crippen molar-refractivity contribution in [1.82, 2.24) is 5.32 Å². The molecule has 0 heterocycles. The number of nitrogens with one attached hydrogen (secondary N) is 1. The minimum atomic E-state index is 0. The molecule has 0 spiro atoms. The van der Waals surface area contributed by atoms with Gasteiger partial charge in [0.05, 0.1) is 0 Å². The SMILES string of the molecule is CC(C)CC(C)(C)CNC(=O)[C@@H]1CCC[C@@H]1CN.Cl. The van der Waals surface area contributed by atoms with Crippen LogP contribution in [0.4, 0.5) is 0 Å². The van der Waals surface area contributed by atoms with Gasteiger partial charge in [-0.2, -0.15) is 0 Å². The molecule has 0 radical (unpaired) electrons. The van der Waals surface area contributed by atoms with Crippen molar-refractivity contribution in [3.8, 4) is 0 Å². The summed E-state index contributed by atoms with van der Waals surface area (Å²) in [6.07, 6.45) is 4.41. The maximum absolute atomic E-state index is 12.2. The fourth-order valence-electron chi connectivity index (χ4n) is 3.30. The number of hydrogen-bond donors (Lipinski definition) is 2. The molecular formula is C15H31ClN2O. The standard InChI is InChI=1S/C15H30N2O.ClH/c1-11(2)8-15(3,4)10-17-14(18)13-7-5-6-12(13)9-16;/h11-13H,5-10,16H2,1-4H3,(H,17,18);1H/t12-,13-;/m1./s1. The second-order valence-electron chi connectivity index (χ2n) is 7.01. The number of rotatable bonds is 6. The summed E-state index contributed by atoms with van der Waals surface area (Å²) in [7, 11) is 0. The number of hydrogen-bond acceptors (Lipinski definition) is 2. The van der Waals surface area contributed by atoms with Gasteiger partial charge in [0.1, 0.15) is 0 Å². The van der Waals surface area contributed by atoms with Crippen LogP contribution in [0.1, 0.15) is 53.4 Å². The maximum atomic E-state index is 12.2. The highest BCUT2D eigenvalue weighted by Gasteiger charge is 2.32. The zero-order chi connectivity index (χ0) is 13.8. The quantitative estimate of drug-likeness (QED) is 0.790. The molecule has 1 fully saturated rings. The van der Waals surface area contributed by atoms with E-state index in [1.165, 1.54) is 0 Å². The number of carbonyl (C=O) groups excluding carboxylic acids is 1. The van der Waals surface area contributed by atoms with Crippen LogP contribution in [0.15, 0.2) is 0 Å². The summed E-state index contributed by atoms with van der Waals surface area (Å²) in [4.78, 5) is 12.2. The Morgan fingerprint density at radius 1 is 1.37 bits per heavy atom. The molecular weight excluding hydrogens is 260 g/mol. The number of amides is 1. The van der Waals surface area contributed by atoms with Gasteiger partial charge in [0.25, 0.3) is 0 Å². The molecule has 1 aliphatic rings. The molecule has 0 saturated heterocycles. The predicted molar refractivity (Wildman–Crippen MR) is 83.4 cm³/mol. The van der Waals surface area contributed by atoms with Crippen LogP contribution in [0.3, 0.4) is 0 Å². The van der Waals surface area contributed by atoms with Crippen LogP contribution >= 0.6 is 12.4 Å². The van der Waals surface area contributed by atoms with Gasteiger partial charge in [-0.05, 0) is 43.1 Å². The van der Waals surface area contributed by atoms with Gasteiger partial charge in [-0.3, -0.25) is 4.79 Å². The Morgan fingerprint density at radius 2 is 2.00 bits per heavy atom. The Hall–Kier alpha value is -0.280. The molecule has 1 saturated carbocycles. The first-order chi connectivity index (χ1) is 8.35. The second kappa shape index (κ2) is 8.11. The van der Waals surface area contributed by atoms with E-state index >= 15 is 0 Å². The lowest BCUT2D eigenvalue weighted by atomic mass is 9.83. The third-order valence-electron chi connectivity index (χ3n) is 4.00. The molecule has 0 unspecified atom stereocenters. The van der Waals surface area contributed by atoms with E-state index in [4.69, 9.17) is 5.73 Å². The van der Waals surface area contributed by atoms with Crippen LogP contribution in [0.5, 0.6) is 0 Å². The maximum Gasteiger partial charge on any atom is 0.223 e. The zero-order valence-electron chi connectivity index (χ0n) is 12.9. The fourth-order valence-corrected chi connectivity index (χ4v) is 3.30. The van der Waals surface area contributed by atoms with Crippen LogP contribution < -0.4 is 11.1 Å². The number of carbonyl (C=O) groups is 1. The monoisotopic (exact) mass is 290 g/mol. The number of nitrogens with two attached hydrogens (primary N) is 1. The summed E-state index contributed by atoms with van der Waals surface area (Å²) in [5.41, 5.74) is 5.91. The molecule has 0 aromatic rings. The van der Waals surface area contributed by atoms with E-state index < -0.39 is 0 Å². The van der Waals surface area contributed by atoms with Gasteiger partial charge >= 0.3 is 0 Å². The lowest BCUT2D eigenvalue weighted by molar-refractivity contribution is -0.126. The fraction of sp³-hybridized carbons (Fsp3) is 0.933. The molecule has 1 amide bonds. The molecule has 4 heteroatoms. The molecule has 0 aliphatic heterocycles. The molecule has 0 aromatic heterocycles. The van der Waals surface area contributed by atoms with Crippen molar-refractivity contribution >= 4 is 18.3 Å². The Balaban J connectivity index is 0.00000324. The average Bonchev–Trinajstić information content (AvgIpc) is 2.72. The Labute approximate surface area is 124 Å². The highest BCUT2D eigenvalue weighted by molar-refractivity contribution is 5.85. The van der Waals surface area contributed by atoms with Gasteiger partial charge in [0.2, 0.25) is 5.91 Å². The lowest BCUT2D eigenvalue weighted by Gasteiger charge is -2.28. The van der Waals surface area contributed by atoms with Crippen LogP contribution in [0.25, 0.3) is 0 Å². The van der Waals surface area contributed by atoms with E-state index in [1.54, 1.807) is 0 Å². The summed E-state index contributed by atoms with van der Waals surface area (Å²) in [6, 6.07) is 0. The normalized spacial score (nSPS) is 23.3. The second-order valence-corrected chi connectivity index (χ2v) is 7.01. The van der Waals surface area contributed by atoms with Crippen molar-refractivity contribution in [3.05, 3.63) is 0 Å². The molecule has 0 bridgehead atoms. The van der Waals surface area contributed by atoms with E-state index in [1.807, 2.05) is 0 Å². The topological polar surface area (TPSA) is 55.1 Å². The van der Waals surface area contributed by atoms with Crippen LogP contribution in [-0.4, -0.2) is 19.0 Å². The van der Waals surface area contributed by atoms with Gasteiger partial charge in [-0.25, -0.2) is 0 Å². The number of halogens is 1. The third-order valence-corrected chi connectivity index (χ3v) is 4.00. The highest BCUT2D eigenvalue weighted by atomic mass is 35.5. The van der Waals surface area contributed by atoms with E-state index in [0.717, 1.165) is 32.2 Å². The van der Waals surface area contributed by atoms with Gasteiger partial charge in [0, 0.05) is 12.5 Å². The molecule has 0 aromatic carbocycles. The average molecular weight is 291 g/mol.